The van der Waals surface area contributed by atoms with Gasteiger partial charge in [0.25, 0.3) is 5.91 Å². The SMILES string of the molecule is O=C(CSc1cccc(NC(=O)c2ccccc2F)c1)Nc1cc(C(=O)O)ccc1Cl. The Morgan fingerprint density at radius 1 is 0.968 bits per heavy atom. The number of thioether (sulfide) groups is 1. The number of rotatable bonds is 7. The van der Waals surface area contributed by atoms with Gasteiger partial charge >= 0.3 is 5.97 Å². The van der Waals surface area contributed by atoms with Crippen LogP contribution >= 0.6 is 23.4 Å². The largest absolute Gasteiger partial charge is 0.478 e. The Balaban J connectivity index is 1.61. The van der Waals surface area contributed by atoms with Gasteiger partial charge in [0, 0.05) is 10.6 Å². The monoisotopic (exact) mass is 458 g/mol. The van der Waals surface area contributed by atoms with E-state index in [9.17, 15) is 18.8 Å². The molecule has 0 bridgehead atoms. The van der Waals surface area contributed by atoms with E-state index in [1.165, 1.54) is 48.2 Å². The van der Waals surface area contributed by atoms with Gasteiger partial charge in [-0.1, -0.05) is 29.8 Å². The van der Waals surface area contributed by atoms with Crippen LogP contribution in [0.4, 0.5) is 15.8 Å². The van der Waals surface area contributed by atoms with Gasteiger partial charge in [-0.2, -0.15) is 0 Å². The summed E-state index contributed by atoms with van der Waals surface area (Å²) in [4.78, 5) is 36.3. The molecule has 0 aromatic heterocycles. The lowest BCUT2D eigenvalue weighted by atomic mass is 10.2. The van der Waals surface area contributed by atoms with E-state index in [1.807, 2.05) is 0 Å². The minimum atomic E-state index is -1.13. The molecule has 0 spiro atoms. The lowest BCUT2D eigenvalue weighted by Crippen LogP contribution is -2.15. The standard InChI is InChI=1S/C22H16ClFN2O4S/c23-17-9-8-13(22(29)30)10-19(17)26-20(27)12-31-15-5-3-4-14(11-15)25-21(28)16-6-1-2-7-18(16)24/h1-11H,12H2,(H,25,28)(H,26,27)(H,29,30). The second-order valence-corrected chi connectivity index (χ2v) is 7.75. The van der Waals surface area contributed by atoms with E-state index in [1.54, 1.807) is 30.3 Å². The van der Waals surface area contributed by atoms with Gasteiger partial charge in [0.2, 0.25) is 5.91 Å². The molecule has 0 atom stereocenters. The molecular formula is C22H16ClFN2O4S. The maximum atomic E-state index is 13.8. The van der Waals surface area contributed by atoms with E-state index in [-0.39, 0.29) is 33.5 Å². The summed E-state index contributed by atoms with van der Waals surface area (Å²) in [6.07, 6.45) is 0. The number of anilines is 2. The van der Waals surface area contributed by atoms with Crippen LogP contribution in [-0.2, 0) is 4.79 Å². The number of hydrogen-bond acceptors (Lipinski definition) is 4. The Morgan fingerprint density at radius 3 is 2.48 bits per heavy atom. The van der Waals surface area contributed by atoms with E-state index in [0.717, 1.165) is 0 Å². The van der Waals surface area contributed by atoms with Gasteiger partial charge in [0.15, 0.2) is 0 Å². The number of benzene rings is 3. The van der Waals surface area contributed by atoms with E-state index in [0.29, 0.717) is 10.6 Å². The van der Waals surface area contributed by atoms with Crippen molar-refractivity contribution in [3.8, 4) is 0 Å². The number of carboxylic acid groups (broad SMARTS) is 1. The highest BCUT2D eigenvalue weighted by Crippen LogP contribution is 2.25. The lowest BCUT2D eigenvalue weighted by Gasteiger charge is -2.09. The molecule has 0 heterocycles. The van der Waals surface area contributed by atoms with Crippen molar-refractivity contribution in [1.29, 1.82) is 0 Å². The van der Waals surface area contributed by atoms with Crippen molar-refractivity contribution < 1.29 is 23.9 Å². The molecule has 0 saturated carbocycles. The molecule has 6 nitrogen and oxygen atoms in total. The molecule has 3 rings (SSSR count). The van der Waals surface area contributed by atoms with Gasteiger partial charge in [-0.25, -0.2) is 9.18 Å². The summed E-state index contributed by atoms with van der Waals surface area (Å²) < 4.78 is 13.8. The Labute approximate surface area is 186 Å². The average molecular weight is 459 g/mol. The molecular weight excluding hydrogens is 443 g/mol. The van der Waals surface area contributed by atoms with Crippen LogP contribution in [0.2, 0.25) is 5.02 Å². The molecule has 0 saturated heterocycles. The zero-order valence-electron chi connectivity index (χ0n) is 15.9. The van der Waals surface area contributed by atoms with Gasteiger partial charge in [-0.05, 0) is 48.5 Å². The van der Waals surface area contributed by atoms with Crippen LogP contribution in [0.25, 0.3) is 0 Å². The van der Waals surface area contributed by atoms with Crippen LogP contribution in [0.5, 0.6) is 0 Å². The van der Waals surface area contributed by atoms with E-state index in [2.05, 4.69) is 10.6 Å². The third kappa shape index (κ3) is 6.07. The molecule has 3 aromatic carbocycles. The summed E-state index contributed by atoms with van der Waals surface area (Å²) in [5.74, 6) is -2.68. The quantitative estimate of drug-likeness (QED) is 0.425. The van der Waals surface area contributed by atoms with Crippen LogP contribution in [-0.4, -0.2) is 28.6 Å². The topological polar surface area (TPSA) is 95.5 Å². The molecule has 3 N–H and O–H groups in total. The highest BCUT2D eigenvalue weighted by Gasteiger charge is 2.13. The first-order valence-corrected chi connectivity index (χ1v) is 10.3. The first-order chi connectivity index (χ1) is 14.8. The number of hydrogen-bond donors (Lipinski definition) is 3. The number of carbonyl (C=O) groups excluding carboxylic acids is 2. The summed E-state index contributed by atoms with van der Waals surface area (Å²) >= 11 is 7.22. The fourth-order valence-electron chi connectivity index (χ4n) is 2.60. The normalized spacial score (nSPS) is 10.4. The molecule has 0 unspecified atom stereocenters. The second kappa shape index (κ2) is 10.1. The highest BCUT2D eigenvalue weighted by molar-refractivity contribution is 8.00. The van der Waals surface area contributed by atoms with Gasteiger partial charge in [0.1, 0.15) is 5.82 Å². The number of carbonyl (C=O) groups is 3. The predicted octanol–water partition coefficient (Wildman–Crippen LogP) is 5.16. The van der Waals surface area contributed by atoms with Crippen LogP contribution < -0.4 is 10.6 Å². The third-order valence-electron chi connectivity index (χ3n) is 4.07. The van der Waals surface area contributed by atoms with Gasteiger partial charge in [-0.3, -0.25) is 9.59 Å². The average Bonchev–Trinajstić information content (AvgIpc) is 2.74. The maximum absolute atomic E-state index is 13.8. The second-order valence-electron chi connectivity index (χ2n) is 6.30. The van der Waals surface area contributed by atoms with Crippen LogP contribution in [0, 0.1) is 5.82 Å². The number of carboxylic acids is 1. The first kappa shape index (κ1) is 22.3. The molecule has 0 radical (unpaired) electrons. The molecule has 9 heteroatoms. The summed E-state index contributed by atoms with van der Waals surface area (Å²) in [7, 11) is 0. The number of nitrogens with one attached hydrogen (secondary N) is 2. The molecule has 158 valence electrons. The van der Waals surface area contributed by atoms with Gasteiger partial charge in [-0.15, -0.1) is 11.8 Å². The number of amides is 2. The third-order valence-corrected chi connectivity index (χ3v) is 5.39. The van der Waals surface area contributed by atoms with Crippen LogP contribution in [0.15, 0.2) is 71.6 Å². The van der Waals surface area contributed by atoms with Crippen molar-refractivity contribution in [3.05, 3.63) is 88.7 Å². The zero-order valence-corrected chi connectivity index (χ0v) is 17.5. The van der Waals surface area contributed by atoms with Crippen LogP contribution in [0.3, 0.4) is 0 Å². The minimum Gasteiger partial charge on any atom is -0.478 e. The number of halogens is 2. The summed E-state index contributed by atoms with van der Waals surface area (Å²) in [6.45, 7) is 0. The van der Waals surface area contributed by atoms with E-state index in [4.69, 9.17) is 16.7 Å². The van der Waals surface area contributed by atoms with E-state index < -0.39 is 17.7 Å². The summed E-state index contributed by atoms with van der Waals surface area (Å²) in [6, 6.07) is 16.5. The Morgan fingerprint density at radius 2 is 1.74 bits per heavy atom. The Kier molecular flexibility index (Phi) is 7.28. The smallest absolute Gasteiger partial charge is 0.335 e. The molecule has 0 aliphatic heterocycles. The fraction of sp³-hybridized carbons (Fsp3) is 0.0455. The lowest BCUT2D eigenvalue weighted by molar-refractivity contribution is -0.113. The molecule has 31 heavy (non-hydrogen) atoms. The molecule has 0 aliphatic carbocycles. The van der Waals surface area contributed by atoms with Crippen molar-refractivity contribution in [2.45, 2.75) is 4.90 Å². The fourth-order valence-corrected chi connectivity index (χ4v) is 3.52. The Bertz CT molecular complexity index is 1160. The van der Waals surface area contributed by atoms with Crippen molar-refractivity contribution >= 4 is 52.5 Å². The predicted molar refractivity (Wildman–Crippen MR) is 119 cm³/mol. The highest BCUT2D eigenvalue weighted by atomic mass is 35.5. The van der Waals surface area contributed by atoms with Crippen molar-refractivity contribution in [1.82, 2.24) is 0 Å². The van der Waals surface area contributed by atoms with Gasteiger partial charge in [0.05, 0.1) is 27.6 Å². The van der Waals surface area contributed by atoms with Crippen molar-refractivity contribution in [2.75, 3.05) is 16.4 Å². The van der Waals surface area contributed by atoms with Gasteiger partial charge < -0.3 is 15.7 Å². The van der Waals surface area contributed by atoms with E-state index >= 15 is 0 Å². The zero-order chi connectivity index (χ0) is 22.4. The van der Waals surface area contributed by atoms with Crippen molar-refractivity contribution in [2.24, 2.45) is 0 Å². The Hall–Kier alpha value is -3.36. The number of aromatic carboxylic acids is 1. The van der Waals surface area contributed by atoms with Crippen molar-refractivity contribution in [3.63, 3.8) is 0 Å². The first-order valence-electron chi connectivity index (χ1n) is 8.95. The molecule has 2 amide bonds. The summed E-state index contributed by atoms with van der Waals surface area (Å²) in [5.41, 5.74) is 0.597. The summed E-state index contributed by atoms with van der Waals surface area (Å²) in [5, 5.41) is 14.5. The molecule has 0 aliphatic rings. The molecule has 0 fully saturated rings. The minimum absolute atomic E-state index is 0.00523. The maximum Gasteiger partial charge on any atom is 0.335 e. The molecule has 3 aromatic rings. The van der Waals surface area contributed by atoms with Crippen LogP contribution in [0.1, 0.15) is 20.7 Å².